The number of aromatic nitrogens is 3. The van der Waals surface area contributed by atoms with Gasteiger partial charge in [-0.3, -0.25) is 4.68 Å². The van der Waals surface area contributed by atoms with Gasteiger partial charge in [-0.1, -0.05) is 6.07 Å². The van der Waals surface area contributed by atoms with Gasteiger partial charge >= 0.3 is 12.6 Å². The molecule has 0 aliphatic heterocycles. The van der Waals surface area contributed by atoms with Crippen LogP contribution in [-0.2, 0) is 6.54 Å². The number of alkyl halides is 2. The van der Waals surface area contributed by atoms with Crippen molar-refractivity contribution in [2.45, 2.75) is 33.0 Å². The van der Waals surface area contributed by atoms with E-state index in [-0.39, 0.29) is 11.8 Å². The summed E-state index contributed by atoms with van der Waals surface area (Å²) >= 11 is 0. The fourth-order valence-electron chi connectivity index (χ4n) is 2.01. The second kappa shape index (κ2) is 7.52. The molecule has 0 radical (unpaired) electrons. The topological polar surface area (TPSA) is 81.1 Å². The molecule has 2 N–H and O–H groups in total. The first-order valence-corrected chi connectivity index (χ1v) is 6.90. The van der Waals surface area contributed by atoms with Gasteiger partial charge in [-0.2, -0.15) is 13.9 Å². The van der Waals surface area contributed by atoms with Crippen LogP contribution in [0.25, 0.3) is 0 Å². The summed E-state index contributed by atoms with van der Waals surface area (Å²) < 4.78 is 30.6. The second-order valence-electron chi connectivity index (χ2n) is 4.92. The van der Waals surface area contributed by atoms with Crippen molar-refractivity contribution in [3.63, 3.8) is 0 Å². The minimum Gasteiger partial charge on any atom is -0.434 e. The maximum Gasteiger partial charge on any atom is 0.387 e. The van der Waals surface area contributed by atoms with Crippen LogP contribution in [0.3, 0.4) is 0 Å². The zero-order valence-corrected chi connectivity index (χ0v) is 12.7. The standard InChI is InChI=1S/C14H17F2N5O2/c1-9(6-21-8-17-7-18-21)19-14(22)20-11-4-3-5-12(10(11)2)23-13(15)16/h3-5,7-9,13H,6H2,1-2H3,(H2,19,20,22)/t9-/m1/s1. The molecule has 0 saturated carbocycles. The number of rotatable bonds is 6. The first kappa shape index (κ1) is 16.7. The molecule has 0 bridgehead atoms. The van der Waals surface area contributed by atoms with Crippen LogP contribution in [0.2, 0.25) is 0 Å². The predicted octanol–water partition coefficient (Wildman–Crippen LogP) is 2.40. The van der Waals surface area contributed by atoms with Gasteiger partial charge in [0.25, 0.3) is 0 Å². The third-order valence-electron chi connectivity index (χ3n) is 3.05. The fourth-order valence-corrected chi connectivity index (χ4v) is 2.01. The molecular formula is C14H17F2N5O2. The molecule has 0 aliphatic rings. The summed E-state index contributed by atoms with van der Waals surface area (Å²) in [6.45, 7) is 0.942. The van der Waals surface area contributed by atoms with Crippen molar-refractivity contribution in [2.24, 2.45) is 0 Å². The van der Waals surface area contributed by atoms with Crippen LogP contribution >= 0.6 is 0 Å². The van der Waals surface area contributed by atoms with E-state index in [0.29, 0.717) is 17.8 Å². The average molecular weight is 325 g/mol. The number of nitrogens with zero attached hydrogens (tertiary/aromatic N) is 3. The van der Waals surface area contributed by atoms with Gasteiger partial charge in [0.05, 0.1) is 6.54 Å². The lowest BCUT2D eigenvalue weighted by atomic mass is 10.2. The Hall–Kier alpha value is -2.71. The number of ether oxygens (including phenoxy) is 1. The molecule has 2 rings (SSSR count). The summed E-state index contributed by atoms with van der Waals surface area (Å²) in [4.78, 5) is 15.8. The van der Waals surface area contributed by atoms with Crippen LogP contribution < -0.4 is 15.4 Å². The quantitative estimate of drug-likeness (QED) is 0.854. The van der Waals surface area contributed by atoms with E-state index < -0.39 is 12.6 Å². The first-order chi connectivity index (χ1) is 11.0. The Kier molecular flexibility index (Phi) is 5.45. The number of benzene rings is 1. The molecule has 2 aromatic rings. The Bertz CT molecular complexity index is 649. The van der Waals surface area contributed by atoms with Crippen molar-refractivity contribution in [2.75, 3.05) is 5.32 Å². The molecule has 1 aromatic carbocycles. The van der Waals surface area contributed by atoms with E-state index in [1.807, 2.05) is 6.92 Å². The number of anilines is 1. The number of carbonyl (C=O) groups excluding carboxylic acids is 1. The van der Waals surface area contributed by atoms with Crippen LogP contribution in [-0.4, -0.2) is 33.4 Å². The van der Waals surface area contributed by atoms with Crippen molar-refractivity contribution in [1.29, 1.82) is 0 Å². The maximum atomic E-state index is 12.3. The molecule has 0 aliphatic carbocycles. The third kappa shape index (κ3) is 4.90. The van der Waals surface area contributed by atoms with Crippen molar-refractivity contribution in [1.82, 2.24) is 20.1 Å². The van der Waals surface area contributed by atoms with E-state index in [1.54, 1.807) is 24.0 Å². The van der Waals surface area contributed by atoms with Gasteiger partial charge in [0.2, 0.25) is 0 Å². The van der Waals surface area contributed by atoms with E-state index in [0.717, 1.165) is 0 Å². The Labute approximate surface area is 131 Å². The fraction of sp³-hybridized carbons (Fsp3) is 0.357. The number of halogens is 2. The van der Waals surface area contributed by atoms with E-state index in [2.05, 4.69) is 25.5 Å². The molecule has 124 valence electrons. The zero-order valence-electron chi connectivity index (χ0n) is 12.7. The summed E-state index contributed by atoms with van der Waals surface area (Å²) in [5.41, 5.74) is 0.820. The molecule has 0 spiro atoms. The Morgan fingerprint density at radius 1 is 1.43 bits per heavy atom. The highest BCUT2D eigenvalue weighted by Gasteiger charge is 2.13. The minimum absolute atomic E-state index is 0.0217. The summed E-state index contributed by atoms with van der Waals surface area (Å²) in [6.07, 6.45) is 2.95. The molecular weight excluding hydrogens is 308 g/mol. The molecule has 0 unspecified atom stereocenters. The zero-order chi connectivity index (χ0) is 16.8. The molecule has 2 amide bonds. The lowest BCUT2D eigenvalue weighted by Gasteiger charge is -2.16. The molecule has 0 saturated heterocycles. The number of amides is 2. The number of hydrogen-bond donors (Lipinski definition) is 2. The molecule has 23 heavy (non-hydrogen) atoms. The predicted molar refractivity (Wildman–Crippen MR) is 79.4 cm³/mol. The Morgan fingerprint density at radius 2 is 2.22 bits per heavy atom. The lowest BCUT2D eigenvalue weighted by molar-refractivity contribution is -0.0502. The van der Waals surface area contributed by atoms with E-state index in [1.165, 1.54) is 18.5 Å². The van der Waals surface area contributed by atoms with E-state index in [9.17, 15) is 13.6 Å². The highest BCUT2D eigenvalue weighted by atomic mass is 19.3. The highest BCUT2D eigenvalue weighted by Crippen LogP contribution is 2.26. The van der Waals surface area contributed by atoms with Gasteiger partial charge in [-0.05, 0) is 26.0 Å². The van der Waals surface area contributed by atoms with Gasteiger partial charge in [0.15, 0.2) is 0 Å². The highest BCUT2D eigenvalue weighted by molar-refractivity contribution is 5.90. The van der Waals surface area contributed by atoms with Gasteiger partial charge in [0, 0.05) is 17.3 Å². The van der Waals surface area contributed by atoms with Crippen molar-refractivity contribution < 1.29 is 18.3 Å². The third-order valence-corrected chi connectivity index (χ3v) is 3.05. The number of nitrogens with one attached hydrogen (secondary N) is 2. The average Bonchev–Trinajstić information content (AvgIpc) is 2.95. The van der Waals surface area contributed by atoms with Gasteiger partial charge in [-0.25, -0.2) is 9.78 Å². The number of carbonyl (C=O) groups is 1. The van der Waals surface area contributed by atoms with Crippen molar-refractivity contribution in [3.8, 4) is 5.75 Å². The van der Waals surface area contributed by atoms with E-state index in [4.69, 9.17) is 0 Å². The van der Waals surface area contributed by atoms with E-state index >= 15 is 0 Å². The lowest BCUT2D eigenvalue weighted by Crippen LogP contribution is -2.38. The molecule has 9 heteroatoms. The van der Waals surface area contributed by atoms with Crippen LogP contribution in [0, 0.1) is 6.92 Å². The van der Waals surface area contributed by atoms with Crippen LogP contribution in [0.4, 0.5) is 19.3 Å². The normalized spacial score (nSPS) is 12.0. The largest absolute Gasteiger partial charge is 0.434 e. The smallest absolute Gasteiger partial charge is 0.387 e. The van der Waals surface area contributed by atoms with Crippen LogP contribution in [0.1, 0.15) is 12.5 Å². The summed E-state index contributed by atoms with van der Waals surface area (Å²) in [6, 6.07) is 3.90. The SMILES string of the molecule is Cc1c(NC(=O)N[C@H](C)Cn2cncn2)cccc1OC(F)F. The Balaban J connectivity index is 1.94. The molecule has 1 atom stereocenters. The summed E-state index contributed by atoms with van der Waals surface area (Å²) in [5, 5.41) is 9.29. The number of hydrogen-bond acceptors (Lipinski definition) is 4. The van der Waals surface area contributed by atoms with Gasteiger partial charge in [0.1, 0.15) is 18.4 Å². The molecule has 1 heterocycles. The summed E-state index contributed by atoms with van der Waals surface area (Å²) in [7, 11) is 0. The maximum absolute atomic E-state index is 12.3. The van der Waals surface area contributed by atoms with Gasteiger partial charge in [-0.15, -0.1) is 0 Å². The van der Waals surface area contributed by atoms with Gasteiger partial charge < -0.3 is 15.4 Å². The molecule has 1 aromatic heterocycles. The minimum atomic E-state index is -2.92. The van der Waals surface area contributed by atoms with Crippen molar-refractivity contribution >= 4 is 11.7 Å². The number of urea groups is 1. The van der Waals surface area contributed by atoms with Crippen LogP contribution in [0.15, 0.2) is 30.9 Å². The van der Waals surface area contributed by atoms with Crippen molar-refractivity contribution in [3.05, 3.63) is 36.4 Å². The monoisotopic (exact) mass is 325 g/mol. The Morgan fingerprint density at radius 3 is 2.87 bits per heavy atom. The second-order valence-corrected chi connectivity index (χ2v) is 4.92. The molecule has 7 nitrogen and oxygen atoms in total. The van der Waals surface area contributed by atoms with Crippen LogP contribution in [0.5, 0.6) is 5.75 Å². The molecule has 0 fully saturated rings. The first-order valence-electron chi connectivity index (χ1n) is 6.90. The summed E-state index contributed by atoms with van der Waals surface area (Å²) in [5.74, 6) is 0.0217.